The summed E-state index contributed by atoms with van der Waals surface area (Å²) in [5.74, 6) is -1.60. The van der Waals surface area contributed by atoms with Gasteiger partial charge in [-0.05, 0) is 24.3 Å². The van der Waals surface area contributed by atoms with Crippen molar-refractivity contribution in [2.45, 2.75) is 30.7 Å². The highest BCUT2D eigenvalue weighted by molar-refractivity contribution is 6.30. The topological polar surface area (TPSA) is 90.5 Å². The Bertz CT molecular complexity index is 984. The van der Waals surface area contributed by atoms with Crippen molar-refractivity contribution in [1.29, 1.82) is 0 Å². The molecule has 0 saturated heterocycles. The van der Waals surface area contributed by atoms with Gasteiger partial charge in [-0.2, -0.15) is 13.2 Å². The fourth-order valence-electron chi connectivity index (χ4n) is 2.96. The van der Waals surface area contributed by atoms with Gasteiger partial charge in [0, 0.05) is 18.3 Å². The Morgan fingerprint density at radius 3 is 2.63 bits per heavy atom. The second-order valence-electron chi connectivity index (χ2n) is 6.56. The molecule has 2 aromatic rings. The van der Waals surface area contributed by atoms with E-state index in [1.54, 1.807) is 0 Å². The van der Waals surface area contributed by atoms with Crippen LogP contribution >= 0.6 is 11.6 Å². The van der Waals surface area contributed by atoms with Crippen molar-refractivity contribution in [3.63, 3.8) is 0 Å². The predicted octanol–water partition coefficient (Wildman–Crippen LogP) is 3.53. The number of halogens is 6. The van der Waals surface area contributed by atoms with Gasteiger partial charge in [-0.3, -0.25) is 14.8 Å². The second kappa shape index (κ2) is 8.13. The van der Waals surface area contributed by atoms with Gasteiger partial charge in [0.05, 0.1) is 11.4 Å². The Balaban J connectivity index is 1.96. The molecule has 0 fully saturated rings. The Kier molecular flexibility index (Phi) is 5.93. The van der Waals surface area contributed by atoms with E-state index >= 15 is 0 Å². The zero-order valence-electron chi connectivity index (χ0n) is 15.1. The number of amidine groups is 1. The van der Waals surface area contributed by atoms with Crippen LogP contribution in [0.1, 0.15) is 28.3 Å². The molecule has 1 aliphatic rings. The smallest absolute Gasteiger partial charge is 0.425 e. The van der Waals surface area contributed by atoms with E-state index < -0.39 is 54.2 Å². The third-order valence-corrected chi connectivity index (χ3v) is 4.62. The number of ether oxygens (including phenoxy) is 1. The molecule has 6 nitrogen and oxygen atoms in total. The standard InChI is InChI=1S/C18H14ClF5N4O2/c19-9-1-4-12(26-7-9)13(29)5-10-2-3-11(21)15(27-10)17(8-20)6-14(18(22,23)24)30-16(25)28-17/h1-4,7,14H,5-6,8H2,(H2,25,28)/t14-,17+/m0/s1. The molecule has 160 valence electrons. The van der Waals surface area contributed by atoms with Crippen LogP contribution in [-0.4, -0.2) is 40.7 Å². The summed E-state index contributed by atoms with van der Waals surface area (Å²) >= 11 is 5.71. The van der Waals surface area contributed by atoms with Gasteiger partial charge < -0.3 is 10.5 Å². The predicted molar refractivity (Wildman–Crippen MR) is 96.3 cm³/mol. The van der Waals surface area contributed by atoms with Gasteiger partial charge in [0.1, 0.15) is 29.4 Å². The van der Waals surface area contributed by atoms with Crippen LogP contribution in [0, 0.1) is 5.82 Å². The number of nitrogens with two attached hydrogens (primary N) is 1. The SMILES string of the molecule is NC1=N[C@](CF)(c2nc(CC(=O)c3ccc(Cl)cn3)ccc2F)C[C@@H](C(F)(F)F)O1. The van der Waals surface area contributed by atoms with Crippen LogP contribution in [0.4, 0.5) is 22.0 Å². The summed E-state index contributed by atoms with van der Waals surface area (Å²) in [5, 5.41) is 0.313. The maximum Gasteiger partial charge on any atom is 0.425 e. The summed E-state index contributed by atoms with van der Waals surface area (Å²) in [7, 11) is 0. The number of rotatable bonds is 5. The van der Waals surface area contributed by atoms with Crippen LogP contribution in [0.25, 0.3) is 0 Å². The number of alkyl halides is 4. The molecule has 0 spiro atoms. The number of carbonyl (C=O) groups is 1. The van der Waals surface area contributed by atoms with Crippen molar-refractivity contribution >= 4 is 23.4 Å². The third kappa shape index (κ3) is 4.50. The van der Waals surface area contributed by atoms with E-state index in [1.165, 1.54) is 18.3 Å². The number of carbonyl (C=O) groups excluding carboxylic acids is 1. The van der Waals surface area contributed by atoms with Crippen LogP contribution < -0.4 is 5.73 Å². The van der Waals surface area contributed by atoms with Crippen LogP contribution in [0.15, 0.2) is 35.5 Å². The first-order chi connectivity index (χ1) is 14.0. The molecule has 1 aliphatic heterocycles. The summed E-state index contributed by atoms with van der Waals surface area (Å²) in [5.41, 5.74) is 2.31. The first-order valence-corrected chi connectivity index (χ1v) is 8.87. The molecule has 0 unspecified atom stereocenters. The number of pyridine rings is 2. The Morgan fingerprint density at radius 2 is 2.03 bits per heavy atom. The molecule has 2 aromatic heterocycles. The average Bonchev–Trinajstić information content (AvgIpc) is 2.68. The van der Waals surface area contributed by atoms with Crippen molar-refractivity contribution in [3.8, 4) is 0 Å². The first-order valence-electron chi connectivity index (χ1n) is 8.49. The van der Waals surface area contributed by atoms with Crippen LogP contribution in [-0.2, 0) is 16.7 Å². The van der Waals surface area contributed by atoms with E-state index in [1.807, 2.05) is 0 Å². The zero-order valence-corrected chi connectivity index (χ0v) is 15.8. The molecule has 3 heterocycles. The minimum atomic E-state index is -4.88. The molecular formula is C18H14ClF5N4O2. The summed E-state index contributed by atoms with van der Waals surface area (Å²) in [6, 6.07) is 3.91. The molecule has 0 saturated carbocycles. The highest BCUT2D eigenvalue weighted by atomic mass is 35.5. The number of Topliss-reactive ketones (excluding diaryl/α,β-unsaturated/α-hetero) is 1. The third-order valence-electron chi connectivity index (χ3n) is 4.40. The van der Waals surface area contributed by atoms with E-state index in [2.05, 4.69) is 19.7 Å². The summed E-state index contributed by atoms with van der Waals surface area (Å²) < 4.78 is 72.3. The van der Waals surface area contributed by atoms with E-state index in [9.17, 15) is 26.7 Å². The minimum absolute atomic E-state index is 0.00945. The maximum absolute atomic E-state index is 14.5. The molecule has 2 N–H and O–H groups in total. The van der Waals surface area contributed by atoms with Crippen LogP contribution in [0.3, 0.4) is 0 Å². The van der Waals surface area contributed by atoms with Gasteiger partial charge in [0.25, 0.3) is 6.02 Å². The lowest BCUT2D eigenvalue weighted by molar-refractivity contribution is -0.209. The van der Waals surface area contributed by atoms with Gasteiger partial charge >= 0.3 is 6.18 Å². The molecule has 0 amide bonds. The van der Waals surface area contributed by atoms with Gasteiger partial charge in [0.15, 0.2) is 11.9 Å². The number of hydrogen-bond donors (Lipinski definition) is 1. The molecule has 0 radical (unpaired) electrons. The van der Waals surface area contributed by atoms with Crippen LogP contribution in [0.2, 0.25) is 5.02 Å². The largest absolute Gasteiger partial charge is 0.452 e. The van der Waals surface area contributed by atoms with E-state index in [4.69, 9.17) is 17.3 Å². The normalized spacial score (nSPS) is 21.7. The number of hydrogen-bond acceptors (Lipinski definition) is 6. The van der Waals surface area contributed by atoms with E-state index in [0.29, 0.717) is 5.02 Å². The lowest BCUT2D eigenvalue weighted by atomic mass is 9.88. The molecule has 12 heteroatoms. The minimum Gasteiger partial charge on any atom is -0.452 e. The summed E-state index contributed by atoms with van der Waals surface area (Å²) in [4.78, 5) is 23.7. The van der Waals surface area contributed by atoms with E-state index in [0.717, 1.165) is 12.1 Å². The van der Waals surface area contributed by atoms with Crippen molar-refractivity contribution in [2.75, 3.05) is 6.67 Å². The molecule has 2 atom stereocenters. The highest BCUT2D eigenvalue weighted by Gasteiger charge is 2.52. The molecule has 0 aromatic carbocycles. The van der Waals surface area contributed by atoms with E-state index in [-0.39, 0.29) is 17.8 Å². The lowest BCUT2D eigenvalue weighted by Crippen LogP contribution is -2.48. The fourth-order valence-corrected chi connectivity index (χ4v) is 3.07. The Morgan fingerprint density at radius 1 is 1.30 bits per heavy atom. The number of ketones is 1. The highest BCUT2D eigenvalue weighted by Crippen LogP contribution is 2.40. The van der Waals surface area contributed by atoms with Gasteiger partial charge in [-0.1, -0.05) is 11.6 Å². The Hall–Kier alpha value is -2.82. The lowest BCUT2D eigenvalue weighted by Gasteiger charge is -2.35. The average molecular weight is 449 g/mol. The molecule has 0 bridgehead atoms. The fraction of sp³-hybridized carbons (Fsp3) is 0.333. The number of nitrogens with zero attached hydrogens (tertiary/aromatic N) is 3. The zero-order chi connectivity index (χ0) is 22.1. The van der Waals surface area contributed by atoms with Gasteiger partial charge in [-0.25, -0.2) is 13.8 Å². The van der Waals surface area contributed by atoms with Crippen LogP contribution in [0.5, 0.6) is 0 Å². The Labute approximate surface area is 171 Å². The summed E-state index contributed by atoms with van der Waals surface area (Å²) in [6.07, 6.45) is -7.54. The monoisotopic (exact) mass is 448 g/mol. The first kappa shape index (κ1) is 21.9. The molecular weight excluding hydrogens is 435 g/mol. The second-order valence-corrected chi connectivity index (χ2v) is 7.00. The maximum atomic E-state index is 14.5. The number of aliphatic imine (C=N–C) groups is 1. The molecule has 0 aliphatic carbocycles. The van der Waals surface area contributed by atoms with Crippen molar-refractivity contribution < 1.29 is 31.5 Å². The van der Waals surface area contributed by atoms with Crippen molar-refractivity contribution in [2.24, 2.45) is 10.7 Å². The van der Waals surface area contributed by atoms with Gasteiger partial charge in [-0.15, -0.1) is 0 Å². The summed E-state index contributed by atoms with van der Waals surface area (Å²) in [6.45, 7) is -1.51. The van der Waals surface area contributed by atoms with Gasteiger partial charge in [0.2, 0.25) is 0 Å². The van der Waals surface area contributed by atoms with Crippen molar-refractivity contribution in [1.82, 2.24) is 9.97 Å². The number of aromatic nitrogens is 2. The molecule has 3 rings (SSSR count). The quantitative estimate of drug-likeness (QED) is 0.558. The molecule has 30 heavy (non-hydrogen) atoms. The van der Waals surface area contributed by atoms with Crippen molar-refractivity contribution in [3.05, 3.63) is 58.4 Å².